The molecule has 6 heterocycles. The van der Waals surface area contributed by atoms with Crippen LogP contribution < -0.4 is 32.3 Å². The highest BCUT2D eigenvalue weighted by atomic mass is 35.5. The number of anilines is 6. The molecule has 2 saturated heterocycles. The lowest BCUT2D eigenvalue weighted by atomic mass is 10.0. The van der Waals surface area contributed by atoms with Gasteiger partial charge in [-0.25, -0.2) is 0 Å². The fraction of sp³-hybridized carbons (Fsp3) is 0.323. The zero-order valence-corrected chi connectivity index (χ0v) is 48.0. The molecule has 432 valence electrons. The van der Waals surface area contributed by atoms with Gasteiger partial charge in [-0.2, -0.15) is 39.2 Å². The van der Waals surface area contributed by atoms with Gasteiger partial charge in [0.05, 0.1) is 12.4 Å². The molecule has 0 aliphatic carbocycles. The molecular weight excluding hydrogens is 1070 g/mol. The molecule has 0 unspecified atom stereocenters. The standard InChI is InChI=1S/C31H35N7O3.C28H33N7O2.C3H3ClO/c1-4-28(40)34-25-10-6-9-23(17-25)27(39)16-21-7-5-8-22(15-21)18-32-31-37-30(35-24-11-13-41-14-12-24)36-29-26(20(2)3)19-33-38(29)31;1-18(2)24-17-31-35-26(24)33-27(32-23-9-11-37-12-10-23)34-28(35)30-16-20-6-3-5-19(13-20)14-25(36)21-7-4-8-22(29)15-21;1-2-3(4)5/h4-10,15,17,19-20,24H,1,11-14,16,18H2,2-3H3,(H,34,40)(H2,32,35,36,37);3-8,13,15,17-18,23H,9-12,14,16,29H2,1-2H3,(H2,30,32,33,34);2H,1H2. The van der Waals surface area contributed by atoms with E-state index in [0.717, 1.165) is 103 Å². The van der Waals surface area contributed by atoms with Crippen LogP contribution in [-0.4, -0.2) is 100 Å². The van der Waals surface area contributed by atoms with Gasteiger partial charge in [-0.3, -0.25) is 19.2 Å². The third kappa shape index (κ3) is 17.1. The van der Waals surface area contributed by atoms with Crippen LogP contribution >= 0.6 is 11.6 Å². The fourth-order valence-electron chi connectivity index (χ4n) is 9.32. The molecule has 21 heteroatoms. The zero-order chi connectivity index (χ0) is 58.8. The third-order valence-electron chi connectivity index (χ3n) is 13.8. The van der Waals surface area contributed by atoms with Crippen molar-refractivity contribution in [3.63, 3.8) is 0 Å². The van der Waals surface area contributed by atoms with Crippen molar-refractivity contribution in [2.24, 2.45) is 0 Å². The number of ketones is 2. The molecule has 7 N–H and O–H groups in total. The normalized spacial score (nSPS) is 13.5. The molecule has 0 radical (unpaired) electrons. The number of halogens is 1. The molecule has 2 fully saturated rings. The summed E-state index contributed by atoms with van der Waals surface area (Å²) in [7, 11) is 0. The number of benzene rings is 4. The smallest absolute Gasteiger partial charge is 0.247 e. The Morgan fingerprint density at radius 1 is 0.614 bits per heavy atom. The fourth-order valence-corrected chi connectivity index (χ4v) is 9.32. The number of amides is 1. The van der Waals surface area contributed by atoms with Gasteiger partial charge in [-0.05, 0) is 108 Å². The minimum absolute atomic E-state index is 0.0381. The molecule has 0 bridgehead atoms. The zero-order valence-electron chi connectivity index (χ0n) is 47.2. The number of carbonyl (C=O) groups excluding carboxylic acids is 4. The van der Waals surface area contributed by atoms with Crippen LogP contribution in [0.3, 0.4) is 0 Å². The van der Waals surface area contributed by atoms with E-state index in [4.69, 9.17) is 46.7 Å². The van der Waals surface area contributed by atoms with Gasteiger partial charge in [0.1, 0.15) is 0 Å². The number of allylic oxidation sites excluding steroid dienone is 1. The number of nitrogen functional groups attached to an aromatic ring is 1. The Morgan fingerprint density at radius 3 is 1.48 bits per heavy atom. The Balaban J connectivity index is 0.000000201. The SMILES string of the molecule is C=CC(=O)Cl.C=CC(=O)Nc1cccc(C(=O)Cc2cccc(CNc3nc(NC4CCOCC4)nc4c(C(C)C)cnn34)c2)c1.CC(C)c1cnn2c(NCc3cccc(CC(=O)c4cccc(N)c4)c3)nc(NC3CCOCC3)nc12. The van der Waals surface area contributed by atoms with Crippen molar-refractivity contribution in [2.75, 3.05) is 58.7 Å². The van der Waals surface area contributed by atoms with Crippen LogP contribution in [0.2, 0.25) is 0 Å². The van der Waals surface area contributed by atoms with Gasteiger partial charge in [0.2, 0.25) is 34.9 Å². The average Bonchev–Trinajstić information content (AvgIpc) is 4.35. The number of aromatic nitrogens is 8. The Morgan fingerprint density at radius 2 is 1.05 bits per heavy atom. The van der Waals surface area contributed by atoms with E-state index in [1.165, 1.54) is 6.08 Å². The number of fused-ring (bicyclic) bond motifs is 2. The summed E-state index contributed by atoms with van der Waals surface area (Å²) in [5, 5.41) is 25.2. The van der Waals surface area contributed by atoms with E-state index in [1.54, 1.807) is 57.6 Å². The molecule has 1 amide bonds. The predicted octanol–water partition coefficient (Wildman–Crippen LogP) is 10.4. The van der Waals surface area contributed by atoms with Gasteiger partial charge in [-0.1, -0.05) is 114 Å². The largest absolute Gasteiger partial charge is 0.399 e. The van der Waals surface area contributed by atoms with E-state index in [-0.39, 0.29) is 47.8 Å². The molecule has 4 aromatic heterocycles. The summed E-state index contributed by atoms with van der Waals surface area (Å²) < 4.78 is 14.5. The van der Waals surface area contributed by atoms with Crippen LogP contribution in [0.5, 0.6) is 0 Å². The highest BCUT2D eigenvalue weighted by Gasteiger charge is 2.22. The topological polar surface area (TPSA) is 259 Å². The van der Waals surface area contributed by atoms with Crippen molar-refractivity contribution >= 4 is 80.8 Å². The van der Waals surface area contributed by atoms with E-state index in [0.29, 0.717) is 65.8 Å². The number of hydrogen-bond acceptors (Lipinski definition) is 17. The van der Waals surface area contributed by atoms with Crippen LogP contribution in [0.15, 0.2) is 135 Å². The molecule has 83 heavy (non-hydrogen) atoms. The van der Waals surface area contributed by atoms with Gasteiger partial charge >= 0.3 is 0 Å². The van der Waals surface area contributed by atoms with Gasteiger partial charge in [0, 0.05) is 98.1 Å². The maximum Gasteiger partial charge on any atom is 0.247 e. The number of carbonyl (C=O) groups is 4. The minimum Gasteiger partial charge on any atom is -0.399 e. The average molecular weight is 1140 g/mol. The first-order valence-electron chi connectivity index (χ1n) is 27.7. The van der Waals surface area contributed by atoms with Gasteiger partial charge in [0.25, 0.3) is 0 Å². The molecule has 4 aromatic carbocycles. The van der Waals surface area contributed by atoms with Gasteiger partial charge in [0.15, 0.2) is 22.9 Å². The summed E-state index contributed by atoms with van der Waals surface area (Å²) in [6.07, 6.45) is 10.2. The summed E-state index contributed by atoms with van der Waals surface area (Å²) in [4.78, 5) is 66.0. The first kappa shape index (κ1) is 60.3. The maximum absolute atomic E-state index is 13.0. The number of rotatable bonds is 21. The van der Waals surface area contributed by atoms with Gasteiger partial charge in [-0.15, -0.1) is 0 Å². The molecule has 2 aliphatic heterocycles. The van der Waals surface area contributed by atoms with E-state index >= 15 is 0 Å². The Labute approximate surface area is 487 Å². The number of ether oxygens (including phenoxy) is 2. The van der Waals surface area contributed by atoms with E-state index in [2.05, 4.69) is 77.6 Å². The van der Waals surface area contributed by atoms with E-state index in [9.17, 15) is 19.2 Å². The van der Waals surface area contributed by atoms with Crippen molar-refractivity contribution in [1.82, 2.24) is 39.2 Å². The lowest BCUT2D eigenvalue weighted by molar-refractivity contribution is -0.112. The van der Waals surface area contributed by atoms with Crippen LogP contribution in [-0.2, 0) is 45.0 Å². The number of hydrogen-bond donors (Lipinski definition) is 6. The Hall–Kier alpha value is -8.85. The summed E-state index contributed by atoms with van der Waals surface area (Å²) in [5.41, 5.74) is 15.7. The van der Waals surface area contributed by atoms with Crippen LogP contribution in [0.1, 0.15) is 119 Å². The Bertz CT molecular complexity index is 3570. The predicted molar refractivity (Wildman–Crippen MR) is 325 cm³/mol. The molecule has 20 nitrogen and oxygen atoms in total. The number of Topliss-reactive ketones (excluding diaryl/α,β-unsaturated/α-hetero) is 2. The number of nitrogens with one attached hydrogen (secondary N) is 5. The van der Waals surface area contributed by atoms with Crippen LogP contribution in [0.4, 0.5) is 35.2 Å². The van der Waals surface area contributed by atoms with Gasteiger partial charge < -0.3 is 41.8 Å². The summed E-state index contributed by atoms with van der Waals surface area (Å²) in [6.45, 7) is 19.0. The van der Waals surface area contributed by atoms with E-state index < -0.39 is 5.24 Å². The third-order valence-corrected chi connectivity index (χ3v) is 13.9. The summed E-state index contributed by atoms with van der Waals surface area (Å²) in [5.74, 6) is 2.60. The second-order valence-corrected chi connectivity index (χ2v) is 21.1. The second kappa shape index (κ2) is 29.2. The Kier molecular flexibility index (Phi) is 21.2. The molecule has 10 rings (SSSR count). The van der Waals surface area contributed by atoms with Crippen molar-refractivity contribution in [1.29, 1.82) is 0 Å². The minimum atomic E-state index is -0.509. The lowest BCUT2D eigenvalue weighted by Crippen LogP contribution is -2.29. The van der Waals surface area contributed by atoms with Crippen LogP contribution in [0, 0.1) is 0 Å². The van der Waals surface area contributed by atoms with Crippen molar-refractivity contribution in [2.45, 2.75) is 103 Å². The number of nitrogens with two attached hydrogens (primary N) is 1. The van der Waals surface area contributed by atoms with Crippen molar-refractivity contribution < 1.29 is 28.7 Å². The summed E-state index contributed by atoms with van der Waals surface area (Å²) in [6, 6.07) is 30.5. The van der Waals surface area contributed by atoms with Crippen LogP contribution in [0.25, 0.3) is 11.3 Å². The highest BCUT2D eigenvalue weighted by Crippen LogP contribution is 2.26. The molecule has 0 spiro atoms. The second-order valence-electron chi connectivity index (χ2n) is 20.7. The number of nitrogens with zero attached hydrogens (tertiary/aromatic N) is 8. The first-order valence-corrected chi connectivity index (χ1v) is 28.1. The first-order chi connectivity index (χ1) is 40.1. The monoisotopic (exact) mass is 1140 g/mol. The molecular formula is C62H71ClN14O6. The maximum atomic E-state index is 13.0. The lowest BCUT2D eigenvalue weighted by Gasteiger charge is -2.23. The highest BCUT2D eigenvalue weighted by molar-refractivity contribution is 6.66. The molecule has 0 atom stereocenters. The summed E-state index contributed by atoms with van der Waals surface area (Å²) >= 11 is 4.71. The molecule has 0 saturated carbocycles. The van der Waals surface area contributed by atoms with Crippen molar-refractivity contribution in [3.05, 3.63) is 179 Å². The van der Waals surface area contributed by atoms with Crippen molar-refractivity contribution in [3.8, 4) is 0 Å². The quantitative estimate of drug-likeness (QED) is 0.0169. The molecule has 8 aromatic rings. The molecule has 2 aliphatic rings. The van der Waals surface area contributed by atoms with E-state index in [1.807, 2.05) is 60.9 Å².